The van der Waals surface area contributed by atoms with E-state index in [1.54, 1.807) is 0 Å². The maximum absolute atomic E-state index is 13.6. The van der Waals surface area contributed by atoms with E-state index in [9.17, 15) is 26.4 Å². The van der Waals surface area contributed by atoms with E-state index in [1.807, 2.05) is 0 Å². The molecule has 2 aromatic rings. The van der Waals surface area contributed by atoms with E-state index in [4.69, 9.17) is 4.74 Å². The van der Waals surface area contributed by atoms with Crippen LogP contribution in [0.25, 0.3) is 0 Å². The first-order chi connectivity index (χ1) is 13.8. The SMILES string of the molecule is O=C(COc1ccc(S(=O)(=O)NC2CCCC2)cc1)Nc1ccc(F)c(F)c1F. The van der Waals surface area contributed by atoms with Crippen LogP contribution in [-0.4, -0.2) is 27.0 Å². The van der Waals surface area contributed by atoms with E-state index in [0.29, 0.717) is 6.07 Å². The van der Waals surface area contributed by atoms with Crippen LogP contribution in [0.2, 0.25) is 0 Å². The second-order valence-electron chi connectivity index (χ2n) is 6.63. The minimum absolute atomic E-state index is 0.0590. The largest absolute Gasteiger partial charge is 0.484 e. The molecule has 0 aliphatic heterocycles. The molecule has 0 unspecified atom stereocenters. The topological polar surface area (TPSA) is 84.5 Å². The average molecular weight is 428 g/mol. The minimum atomic E-state index is -3.64. The molecule has 0 aromatic heterocycles. The molecule has 156 valence electrons. The Balaban J connectivity index is 1.56. The fourth-order valence-corrected chi connectivity index (χ4v) is 4.31. The fraction of sp³-hybridized carbons (Fsp3) is 0.316. The number of halogens is 3. The van der Waals surface area contributed by atoms with E-state index in [1.165, 1.54) is 24.3 Å². The summed E-state index contributed by atoms with van der Waals surface area (Å²) in [6.07, 6.45) is 3.62. The summed E-state index contributed by atoms with van der Waals surface area (Å²) in [5.74, 6) is -5.15. The van der Waals surface area contributed by atoms with Gasteiger partial charge in [0.15, 0.2) is 24.1 Å². The third-order valence-corrected chi connectivity index (χ3v) is 6.03. The second kappa shape index (κ2) is 8.83. The number of nitrogens with one attached hydrogen (secondary N) is 2. The highest BCUT2D eigenvalue weighted by Crippen LogP contribution is 2.22. The van der Waals surface area contributed by atoms with E-state index >= 15 is 0 Å². The number of hydrogen-bond donors (Lipinski definition) is 2. The van der Waals surface area contributed by atoms with Gasteiger partial charge in [-0.3, -0.25) is 4.79 Å². The number of sulfonamides is 1. The van der Waals surface area contributed by atoms with Crippen molar-refractivity contribution < 1.29 is 31.1 Å². The Bertz CT molecular complexity index is 991. The summed E-state index contributed by atoms with van der Waals surface area (Å²) in [6, 6.07) is 6.98. The van der Waals surface area contributed by atoms with Gasteiger partial charge in [-0.05, 0) is 49.2 Å². The Kier molecular flexibility index (Phi) is 6.43. The molecule has 6 nitrogen and oxygen atoms in total. The number of hydrogen-bond acceptors (Lipinski definition) is 4. The molecule has 1 fully saturated rings. The van der Waals surface area contributed by atoms with Crippen LogP contribution in [0.3, 0.4) is 0 Å². The zero-order valence-electron chi connectivity index (χ0n) is 15.3. The van der Waals surface area contributed by atoms with Crippen LogP contribution in [0.1, 0.15) is 25.7 Å². The van der Waals surface area contributed by atoms with Crippen LogP contribution >= 0.6 is 0 Å². The van der Waals surface area contributed by atoms with Gasteiger partial charge in [0.05, 0.1) is 10.6 Å². The lowest BCUT2D eigenvalue weighted by Gasteiger charge is -2.13. The van der Waals surface area contributed by atoms with E-state index in [0.717, 1.165) is 31.7 Å². The van der Waals surface area contributed by atoms with Crippen LogP contribution in [0.15, 0.2) is 41.3 Å². The second-order valence-corrected chi connectivity index (χ2v) is 8.35. The van der Waals surface area contributed by atoms with Crippen molar-refractivity contribution in [2.45, 2.75) is 36.6 Å². The molecule has 1 aliphatic rings. The highest BCUT2D eigenvalue weighted by molar-refractivity contribution is 7.89. The standard InChI is InChI=1S/C19H19F3N2O4S/c20-15-9-10-16(19(22)18(15)21)23-17(25)11-28-13-5-7-14(8-6-13)29(26,27)24-12-3-1-2-4-12/h5-10,12,24H,1-4,11H2,(H,23,25). The quantitative estimate of drug-likeness (QED) is 0.663. The summed E-state index contributed by atoms with van der Waals surface area (Å²) < 4.78 is 72.2. The number of benzene rings is 2. The van der Waals surface area contributed by atoms with Gasteiger partial charge in [0.25, 0.3) is 5.91 Å². The van der Waals surface area contributed by atoms with Gasteiger partial charge in [-0.15, -0.1) is 0 Å². The molecular formula is C19H19F3N2O4S. The molecular weight excluding hydrogens is 409 g/mol. The highest BCUT2D eigenvalue weighted by Gasteiger charge is 2.23. The van der Waals surface area contributed by atoms with Crippen LogP contribution < -0.4 is 14.8 Å². The first kappa shape index (κ1) is 21.1. The number of rotatable bonds is 7. The maximum atomic E-state index is 13.6. The third-order valence-electron chi connectivity index (χ3n) is 4.49. The Morgan fingerprint density at radius 3 is 2.31 bits per heavy atom. The van der Waals surface area contributed by atoms with Gasteiger partial charge >= 0.3 is 0 Å². The maximum Gasteiger partial charge on any atom is 0.262 e. The molecule has 3 rings (SSSR count). The lowest BCUT2D eigenvalue weighted by molar-refractivity contribution is -0.118. The van der Waals surface area contributed by atoms with Gasteiger partial charge in [0.1, 0.15) is 5.75 Å². The monoisotopic (exact) mass is 428 g/mol. The summed E-state index contributed by atoms with van der Waals surface area (Å²) in [5.41, 5.74) is -0.517. The smallest absolute Gasteiger partial charge is 0.262 e. The van der Waals surface area contributed by atoms with Gasteiger partial charge in [-0.2, -0.15) is 0 Å². The summed E-state index contributed by atoms with van der Waals surface area (Å²) >= 11 is 0. The van der Waals surface area contributed by atoms with Gasteiger partial charge in [0, 0.05) is 6.04 Å². The number of amides is 1. The van der Waals surface area contributed by atoms with Crippen LogP contribution in [-0.2, 0) is 14.8 Å². The molecule has 1 saturated carbocycles. The number of ether oxygens (including phenoxy) is 1. The third kappa shape index (κ3) is 5.27. The molecule has 2 aromatic carbocycles. The Morgan fingerprint density at radius 2 is 1.66 bits per heavy atom. The van der Waals surface area contributed by atoms with Crippen molar-refractivity contribution in [1.29, 1.82) is 0 Å². The van der Waals surface area contributed by atoms with Crippen molar-refractivity contribution in [2.75, 3.05) is 11.9 Å². The summed E-state index contributed by atoms with van der Waals surface area (Å²) in [6.45, 7) is -0.537. The highest BCUT2D eigenvalue weighted by atomic mass is 32.2. The molecule has 0 radical (unpaired) electrons. The van der Waals surface area contributed by atoms with Crippen LogP contribution in [0.4, 0.5) is 18.9 Å². The van der Waals surface area contributed by atoms with Crippen LogP contribution in [0.5, 0.6) is 5.75 Å². The summed E-state index contributed by atoms with van der Waals surface area (Å²) in [5, 5.41) is 2.07. The molecule has 1 amide bonds. The predicted molar refractivity (Wildman–Crippen MR) is 99.5 cm³/mol. The lowest BCUT2D eigenvalue weighted by atomic mass is 10.3. The van der Waals surface area contributed by atoms with Gasteiger partial charge in [0.2, 0.25) is 10.0 Å². The average Bonchev–Trinajstić information content (AvgIpc) is 3.19. The Morgan fingerprint density at radius 1 is 1.00 bits per heavy atom. The van der Waals surface area contributed by atoms with E-state index in [2.05, 4.69) is 10.0 Å². The summed E-state index contributed by atoms with van der Waals surface area (Å²) in [4.78, 5) is 11.9. The molecule has 0 atom stereocenters. The van der Waals surface area contributed by atoms with Crippen molar-refractivity contribution in [3.8, 4) is 5.75 Å². The van der Waals surface area contributed by atoms with Crippen molar-refractivity contribution >= 4 is 21.6 Å². The molecule has 0 spiro atoms. The minimum Gasteiger partial charge on any atom is -0.484 e. The van der Waals surface area contributed by atoms with Gasteiger partial charge in [-0.25, -0.2) is 26.3 Å². The number of carbonyl (C=O) groups excluding carboxylic acids is 1. The molecule has 2 N–H and O–H groups in total. The molecule has 29 heavy (non-hydrogen) atoms. The Labute approximate surface area is 166 Å². The van der Waals surface area contributed by atoms with Crippen LogP contribution in [0, 0.1) is 17.5 Å². The normalized spacial score (nSPS) is 14.7. The van der Waals surface area contributed by atoms with Gasteiger partial charge in [-0.1, -0.05) is 12.8 Å². The number of carbonyl (C=O) groups is 1. The molecule has 0 heterocycles. The summed E-state index contributed by atoms with van der Waals surface area (Å²) in [7, 11) is -3.64. The predicted octanol–water partition coefficient (Wildman–Crippen LogP) is 3.34. The zero-order valence-corrected chi connectivity index (χ0v) is 16.1. The molecule has 0 bridgehead atoms. The molecule has 1 aliphatic carbocycles. The molecule has 10 heteroatoms. The van der Waals surface area contributed by atoms with E-state index < -0.39 is 45.7 Å². The lowest BCUT2D eigenvalue weighted by Crippen LogP contribution is -2.32. The van der Waals surface area contributed by atoms with Crippen molar-refractivity contribution in [2.24, 2.45) is 0 Å². The first-order valence-corrected chi connectivity index (χ1v) is 10.4. The Hall–Kier alpha value is -2.59. The molecule has 0 saturated heterocycles. The van der Waals surface area contributed by atoms with Gasteiger partial charge < -0.3 is 10.1 Å². The number of anilines is 1. The van der Waals surface area contributed by atoms with Crippen molar-refractivity contribution in [1.82, 2.24) is 4.72 Å². The van der Waals surface area contributed by atoms with Crippen molar-refractivity contribution in [3.05, 3.63) is 53.8 Å². The zero-order chi connectivity index (χ0) is 21.0. The van der Waals surface area contributed by atoms with Crippen molar-refractivity contribution in [3.63, 3.8) is 0 Å². The van der Waals surface area contributed by atoms with E-state index in [-0.39, 0.29) is 16.7 Å². The fourth-order valence-electron chi connectivity index (χ4n) is 3.00. The first-order valence-electron chi connectivity index (χ1n) is 8.95.